The highest BCUT2D eigenvalue weighted by Gasteiger charge is 2.09. The van der Waals surface area contributed by atoms with E-state index in [0.29, 0.717) is 5.56 Å². The second-order valence-corrected chi connectivity index (χ2v) is 4.53. The summed E-state index contributed by atoms with van der Waals surface area (Å²) in [5.41, 5.74) is 3.34. The van der Waals surface area contributed by atoms with Crippen LogP contribution in [-0.2, 0) is 0 Å². The number of carbonyl (C=O) groups excluding carboxylic acids is 1. The number of benzene rings is 2. The number of H-pyrrole nitrogens is 1. The average molecular weight is 265 g/mol. The lowest BCUT2D eigenvalue weighted by Crippen LogP contribution is -2.11. The number of anilines is 2. The monoisotopic (exact) mass is 265 g/mol. The highest BCUT2D eigenvalue weighted by atomic mass is 16.1. The Kier molecular flexibility index (Phi) is 3.13. The predicted molar refractivity (Wildman–Crippen MR) is 82.2 cm³/mol. The molecule has 0 unspecified atom stereocenters. The first kappa shape index (κ1) is 12.3. The van der Waals surface area contributed by atoms with Gasteiger partial charge in [0.2, 0.25) is 0 Å². The van der Waals surface area contributed by atoms with Crippen molar-refractivity contribution in [1.82, 2.24) is 4.98 Å². The molecule has 0 saturated carbocycles. The highest BCUT2D eigenvalue weighted by molar-refractivity contribution is 6.09. The van der Waals surface area contributed by atoms with Gasteiger partial charge in [-0.1, -0.05) is 24.3 Å². The van der Waals surface area contributed by atoms with Gasteiger partial charge in [0.05, 0.1) is 5.69 Å². The SMILES string of the molecule is CNc1cccc(C(=O)Nc2c[nH]c3ccccc23)c1. The van der Waals surface area contributed by atoms with Crippen molar-refractivity contribution in [2.24, 2.45) is 0 Å². The smallest absolute Gasteiger partial charge is 0.255 e. The molecule has 1 amide bonds. The summed E-state index contributed by atoms with van der Waals surface area (Å²) < 4.78 is 0. The largest absolute Gasteiger partial charge is 0.388 e. The van der Waals surface area contributed by atoms with Crippen LogP contribution in [0.3, 0.4) is 0 Å². The molecule has 0 aliphatic carbocycles. The molecule has 0 bridgehead atoms. The van der Waals surface area contributed by atoms with E-state index in [9.17, 15) is 4.79 Å². The fourth-order valence-corrected chi connectivity index (χ4v) is 2.19. The molecule has 4 nitrogen and oxygen atoms in total. The summed E-state index contributed by atoms with van der Waals surface area (Å²) in [5, 5.41) is 6.96. The number of aromatic nitrogens is 1. The third-order valence-corrected chi connectivity index (χ3v) is 3.25. The number of rotatable bonds is 3. The van der Waals surface area contributed by atoms with Gasteiger partial charge in [-0.3, -0.25) is 4.79 Å². The molecule has 2 aromatic carbocycles. The molecule has 3 rings (SSSR count). The summed E-state index contributed by atoms with van der Waals surface area (Å²) in [6.07, 6.45) is 1.81. The molecule has 0 fully saturated rings. The van der Waals surface area contributed by atoms with Crippen molar-refractivity contribution in [2.75, 3.05) is 17.7 Å². The molecule has 3 N–H and O–H groups in total. The maximum absolute atomic E-state index is 12.3. The molecule has 0 atom stereocenters. The van der Waals surface area contributed by atoms with E-state index in [2.05, 4.69) is 15.6 Å². The number of hydrogen-bond acceptors (Lipinski definition) is 2. The van der Waals surface area contributed by atoms with Gasteiger partial charge in [0.1, 0.15) is 0 Å². The Hall–Kier alpha value is -2.75. The number of carbonyl (C=O) groups is 1. The van der Waals surface area contributed by atoms with E-state index in [1.165, 1.54) is 0 Å². The molecular formula is C16H15N3O. The lowest BCUT2D eigenvalue weighted by atomic mass is 10.1. The Morgan fingerprint density at radius 1 is 1.10 bits per heavy atom. The quantitative estimate of drug-likeness (QED) is 0.679. The zero-order valence-corrected chi connectivity index (χ0v) is 11.1. The van der Waals surface area contributed by atoms with Crippen LogP contribution in [0.15, 0.2) is 54.7 Å². The second kappa shape index (κ2) is 5.09. The second-order valence-electron chi connectivity index (χ2n) is 4.53. The minimum atomic E-state index is -0.119. The van der Waals surface area contributed by atoms with Gasteiger partial charge < -0.3 is 15.6 Å². The van der Waals surface area contributed by atoms with Gasteiger partial charge in [0.25, 0.3) is 5.91 Å². The van der Waals surface area contributed by atoms with E-state index in [1.54, 1.807) is 6.07 Å². The molecule has 1 aromatic heterocycles. The van der Waals surface area contributed by atoms with Crippen molar-refractivity contribution in [3.8, 4) is 0 Å². The first-order valence-corrected chi connectivity index (χ1v) is 6.43. The van der Waals surface area contributed by atoms with Crippen LogP contribution < -0.4 is 10.6 Å². The topological polar surface area (TPSA) is 56.9 Å². The highest BCUT2D eigenvalue weighted by Crippen LogP contribution is 2.23. The Bertz CT molecular complexity index is 761. The number of nitrogens with one attached hydrogen (secondary N) is 3. The zero-order valence-electron chi connectivity index (χ0n) is 11.1. The van der Waals surface area contributed by atoms with E-state index in [1.807, 2.05) is 55.7 Å². The summed E-state index contributed by atoms with van der Waals surface area (Å²) in [4.78, 5) is 15.4. The van der Waals surface area contributed by atoms with Crippen molar-refractivity contribution < 1.29 is 4.79 Å². The third kappa shape index (κ3) is 2.23. The van der Waals surface area contributed by atoms with Crippen LogP contribution in [0.1, 0.15) is 10.4 Å². The first-order chi connectivity index (χ1) is 9.78. The molecule has 0 saturated heterocycles. The molecule has 1 heterocycles. The van der Waals surface area contributed by atoms with Gasteiger partial charge >= 0.3 is 0 Å². The normalized spacial score (nSPS) is 10.4. The van der Waals surface area contributed by atoms with Gasteiger partial charge in [0.15, 0.2) is 0 Å². The van der Waals surface area contributed by atoms with Crippen LogP contribution in [0.2, 0.25) is 0 Å². The van der Waals surface area contributed by atoms with Crippen molar-refractivity contribution in [1.29, 1.82) is 0 Å². The van der Waals surface area contributed by atoms with Crippen LogP contribution in [0.5, 0.6) is 0 Å². The van der Waals surface area contributed by atoms with Crippen LogP contribution in [-0.4, -0.2) is 17.9 Å². The number of aromatic amines is 1. The Labute approximate surface area is 116 Å². The first-order valence-electron chi connectivity index (χ1n) is 6.43. The minimum Gasteiger partial charge on any atom is -0.388 e. The molecule has 0 aliphatic rings. The van der Waals surface area contributed by atoms with E-state index in [4.69, 9.17) is 0 Å². The van der Waals surface area contributed by atoms with Gasteiger partial charge in [0, 0.05) is 35.4 Å². The maximum atomic E-state index is 12.3. The van der Waals surface area contributed by atoms with Crippen molar-refractivity contribution in [2.45, 2.75) is 0 Å². The van der Waals surface area contributed by atoms with E-state index < -0.39 is 0 Å². The van der Waals surface area contributed by atoms with Crippen molar-refractivity contribution in [3.05, 3.63) is 60.3 Å². The Morgan fingerprint density at radius 3 is 2.80 bits per heavy atom. The predicted octanol–water partition coefficient (Wildman–Crippen LogP) is 3.46. The standard InChI is InChI=1S/C16H15N3O/c1-17-12-6-4-5-11(9-12)16(20)19-15-10-18-14-8-3-2-7-13(14)15/h2-10,17-18H,1H3,(H,19,20). The molecular weight excluding hydrogens is 250 g/mol. The van der Waals surface area contributed by atoms with Gasteiger partial charge in [-0.15, -0.1) is 0 Å². The molecule has 0 radical (unpaired) electrons. The number of fused-ring (bicyclic) bond motifs is 1. The summed E-state index contributed by atoms with van der Waals surface area (Å²) in [7, 11) is 1.83. The van der Waals surface area contributed by atoms with Crippen LogP contribution in [0, 0.1) is 0 Å². The molecule has 0 aliphatic heterocycles. The Balaban J connectivity index is 1.88. The number of hydrogen-bond donors (Lipinski definition) is 3. The lowest BCUT2D eigenvalue weighted by molar-refractivity contribution is 0.102. The summed E-state index contributed by atoms with van der Waals surface area (Å²) >= 11 is 0. The van der Waals surface area contributed by atoms with Gasteiger partial charge in [-0.2, -0.15) is 0 Å². The lowest BCUT2D eigenvalue weighted by Gasteiger charge is -2.06. The third-order valence-electron chi connectivity index (χ3n) is 3.25. The fraction of sp³-hybridized carbons (Fsp3) is 0.0625. The van der Waals surface area contributed by atoms with Crippen LogP contribution in [0.4, 0.5) is 11.4 Å². The summed E-state index contributed by atoms with van der Waals surface area (Å²) in [6, 6.07) is 15.3. The molecule has 3 aromatic rings. The van der Waals surface area contributed by atoms with Gasteiger partial charge in [-0.05, 0) is 24.3 Å². The zero-order chi connectivity index (χ0) is 13.9. The minimum absolute atomic E-state index is 0.119. The van der Waals surface area contributed by atoms with Crippen molar-refractivity contribution >= 4 is 28.2 Å². The van der Waals surface area contributed by atoms with Crippen molar-refractivity contribution in [3.63, 3.8) is 0 Å². The molecule has 20 heavy (non-hydrogen) atoms. The molecule has 4 heteroatoms. The van der Waals surface area contributed by atoms with Crippen LogP contribution >= 0.6 is 0 Å². The summed E-state index contributed by atoms with van der Waals surface area (Å²) in [6.45, 7) is 0. The Morgan fingerprint density at radius 2 is 1.95 bits per heavy atom. The van der Waals surface area contributed by atoms with Gasteiger partial charge in [-0.25, -0.2) is 0 Å². The van der Waals surface area contributed by atoms with E-state index in [-0.39, 0.29) is 5.91 Å². The molecule has 0 spiro atoms. The number of amides is 1. The maximum Gasteiger partial charge on any atom is 0.255 e. The molecule has 100 valence electrons. The fourth-order valence-electron chi connectivity index (χ4n) is 2.19. The van der Waals surface area contributed by atoms with E-state index in [0.717, 1.165) is 22.3 Å². The van der Waals surface area contributed by atoms with E-state index >= 15 is 0 Å². The average Bonchev–Trinajstić information content (AvgIpc) is 2.90. The van der Waals surface area contributed by atoms with Crippen LogP contribution in [0.25, 0.3) is 10.9 Å². The summed E-state index contributed by atoms with van der Waals surface area (Å²) in [5.74, 6) is -0.119. The number of para-hydroxylation sites is 1.